The quantitative estimate of drug-likeness (QED) is 0.895. The van der Waals surface area contributed by atoms with Gasteiger partial charge in [-0.3, -0.25) is 4.99 Å². The third-order valence-corrected chi connectivity index (χ3v) is 5.23. The summed E-state index contributed by atoms with van der Waals surface area (Å²) < 4.78 is 0. The number of nitrogens with one attached hydrogen (secondary N) is 1. The molecule has 1 N–H and O–H groups in total. The Bertz CT molecular complexity index is 449. The summed E-state index contributed by atoms with van der Waals surface area (Å²) in [5.41, 5.74) is 1.29. The lowest BCUT2D eigenvalue weighted by atomic mass is 10.1. The van der Waals surface area contributed by atoms with E-state index in [2.05, 4.69) is 38.0 Å². The average Bonchev–Trinajstić information content (AvgIpc) is 2.69. The predicted octanol–water partition coefficient (Wildman–Crippen LogP) is 3.29. The van der Waals surface area contributed by atoms with E-state index >= 15 is 0 Å². The summed E-state index contributed by atoms with van der Waals surface area (Å²) >= 11 is 3.56. The minimum Gasteiger partial charge on any atom is -0.359 e. The highest BCUT2D eigenvalue weighted by molar-refractivity contribution is 8.14. The third kappa shape index (κ3) is 3.01. The Balaban J connectivity index is 2.14. The van der Waals surface area contributed by atoms with Crippen molar-refractivity contribution in [1.29, 1.82) is 0 Å². The van der Waals surface area contributed by atoms with Crippen LogP contribution in [-0.2, 0) is 0 Å². The van der Waals surface area contributed by atoms with Gasteiger partial charge in [0, 0.05) is 11.3 Å². The van der Waals surface area contributed by atoms with Crippen LogP contribution < -0.4 is 5.32 Å². The van der Waals surface area contributed by atoms with E-state index in [1.807, 2.05) is 18.7 Å². The first-order valence-corrected chi connectivity index (χ1v) is 7.60. The molecule has 0 amide bonds. The minimum atomic E-state index is 0.169. The lowest BCUT2D eigenvalue weighted by molar-refractivity contribution is 0.535. The van der Waals surface area contributed by atoms with Crippen LogP contribution in [0.3, 0.4) is 0 Å². The molecule has 0 aromatic carbocycles. The maximum Gasteiger partial charge on any atom is 0.157 e. The first kappa shape index (κ1) is 12.9. The molecular formula is C12H19N3S2. The second-order valence-electron chi connectivity index (χ2n) is 5.09. The van der Waals surface area contributed by atoms with Gasteiger partial charge >= 0.3 is 0 Å². The molecule has 1 aliphatic rings. The molecule has 1 aromatic heterocycles. The van der Waals surface area contributed by atoms with Gasteiger partial charge in [-0.2, -0.15) is 0 Å². The van der Waals surface area contributed by atoms with E-state index in [0.717, 1.165) is 21.6 Å². The Morgan fingerprint density at radius 2 is 2.12 bits per heavy atom. The van der Waals surface area contributed by atoms with E-state index < -0.39 is 0 Å². The van der Waals surface area contributed by atoms with E-state index in [1.54, 1.807) is 11.3 Å². The molecular weight excluding hydrogens is 250 g/mol. The number of aromatic nitrogens is 1. The number of aliphatic imine (C=N–C) groups is 1. The zero-order chi connectivity index (χ0) is 12.6. The highest BCUT2D eigenvalue weighted by atomic mass is 32.2. The zero-order valence-corrected chi connectivity index (χ0v) is 12.6. The lowest BCUT2D eigenvalue weighted by Crippen LogP contribution is -2.36. The molecule has 1 unspecified atom stereocenters. The standard InChI is InChI=1S/C12H19N3S2/c1-7-10(17-9(3)13-7)8(2)14-11-15-12(4,5)6-16-11/h8H,6H2,1-5H3,(H,14,15). The molecule has 3 nitrogen and oxygen atoms in total. The molecule has 0 saturated carbocycles. The zero-order valence-electron chi connectivity index (χ0n) is 11.0. The molecule has 17 heavy (non-hydrogen) atoms. The van der Waals surface area contributed by atoms with Gasteiger partial charge < -0.3 is 5.32 Å². The number of rotatable bonds is 2. The van der Waals surface area contributed by atoms with Gasteiger partial charge in [-0.1, -0.05) is 11.8 Å². The summed E-state index contributed by atoms with van der Waals surface area (Å²) in [5, 5.41) is 5.64. The van der Waals surface area contributed by atoms with Gasteiger partial charge in [0.15, 0.2) is 5.17 Å². The fraction of sp³-hybridized carbons (Fsp3) is 0.667. The number of thioether (sulfide) groups is 1. The third-order valence-electron chi connectivity index (χ3n) is 2.64. The monoisotopic (exact) mass is 269 g/mol. The van der Waals surface area contributed by atoms with Crippen molar-refractivity contribution in [2.75, 3.05) is 5.75 Å². The number of thiazole rings is 1. The summed E-state index contributed by atoms with van der Waals surface area (Å²) in [5.74, 6) is 1.08. The van der Waals surface area contributed by atoms with Crippen molar-refractivity contribution in [2.24, 2.45) is 4.99 Å². The average molecular weight is 269 g/mol. The van der Waals surface area contributed by atoms with E-state index in [9.17, 15) is 0 Å². The second-order valence-corrected chi connectivity index (χ2v) is 7.29. The lowest BCUT2D eigenvalue weighted by Gasteiger charge is -2.16. The van der Waals surface area contributed by atoms with Crippen LogP contribution in [0.25, 0.3) is 0 Å². The van der Waals surface area contributed by atoms with Crippen LogP contribution in [0.4, 0.5) is 0 Å². The van der Waals surface area contributed by atoms with Crippen LogP contribution in [0.2, 0.25) is 0 Å². The Morgan fingerprint density at radius 1 is 1.41 bits per heavy atom. The maximum atomic E-state index is 4.75. The van der Waals surface area contributed by atoms with Crippen LogP contribution in [0, 0.1) is 13.8 Å². The van der Waals surface area contributed by atoms with Crippen LogP contribution in [0.1, 0.15) is 42.4 Å². The molecule has 0 radical (unpaired) electrons. The molecule has 2 heterocycles. The van der Waals surface area contributed by atoms with Crippen molar-refractivity contribution >= 4 is 28.3 Å². The predicted molar refractivity (Wildman–Crippen MR) is 77.1 cm³/mol. The fourth-order valence-electron chi connectivity index (χ4n) is 1.85. The van der Waals surface area contributed by atoms with Gasteiger partial charge in [-0.25, -0.2) is 4.98 Å². The summed E-state index contributed by atoms with van der Waals surface area (Å²) in [7, 11) is 0. The van der Waals surface area contributed by atoms with Crippen molar-refractivity contribution in [1.82, 2.24) is 10.3 Å². The van der Waals surface area contributed by atoms with Crippen LogP contribution in [0.5, 0.6) is 0 Å². The van der Waals surface area contributed by atoms with Crippen molar-refractivity contribution in [3.63, 3.8) is 0 Å². The van der Waals surface area contributed by atoms with E-state index in [-0.39, 0.29) is 11.6 Å². The molecule has 1 aliphatic heterocycles. The SMILES string of the molecule is Cc1nc(C)c(C(C)N=C2NC(C)(C)CS2)s1. The molecule has 0 aliphatic carbocycles. The van der Waals surface area contributed by atoms with Crippen LogP contribution >= 0.6 is 23.1 Å². The first-order valence-electron chi connectivity index (χ1n) is 5.80. The van der Waals surface area contributed by atoms with Crippen molar-refractivity contribution in [3.8, 4) is 0 Å². The van der Waals surface area contributed by atoms with Gasteiger partial charge in [-0.15, -0.1) is 11.3 Å². The van der Waals surface area contributed by atoms with Crippen molar-refractivity contribution in [3.05, 3.63) is 15.6 Å². The number of aryl methyl sites for hydroxylation is 2. The Labute approximate surface area is 111 Å². The van der Waals surface area contributed by atoms with Crippen LogP contribution in [-0.4, -0.2) is 21.4 Å². The molecule has 0 bridgehead atoms. The van der Waals surface area contributed by atoms with Gasteiger partial charge in [0.2, 0.25) is 0 Å². The second kappa shape index (κ2) is 4.61. The molecule has 1 atom stereocenters. The Kier molecular flexibility index (Phi) is 3.50. The Morgan fingerprint density at radius 3 is 2.59 bits per heavy atom. The number of hydrogen-bond donors (Lipinski definition) is 1. The van der Waals surface area contributed by atoms with Gasteiger partial charge in [0.05, 0.1) is 21.6 Å². The smallest absolute Gasteiger partial charge is 0.157 e. The summed E-state index contributed by atoms with van der Waals surface area (Å²) in [6.07, 6.45) is 0. The minimum absolute atomic E-state index is 0.169. The number of hydrogen-bond acceptors (Lipinski definition) is 4. The first-order chi connectivity index (χ1) is 7.87. The van der Waals surface area contributed by atoms with Crippen molar-refractivity contribution < 1.29 is 0 Å². The Hall–Kier alpha value is -0.550. The maximum absolute atomic E-state index is 4.75. The van der Waals surface area contributed by atoms with Gasteiger partial charge in [-0.05, 0) is 34.6 Å². The molecule has 94 valence electrons. The normalized spacial score (nSPS) is 22.8. The largest absolute Gasteiger partial charge is 0.359 e. The molecule has 1 aromatic rings. The van der Waals surface area contributed by atoms with E-state index in [4.69, 9.17) is 4.99 Å². The fourth-order valence-corrected chi connectivity index (χ4v) is 3.92. The molecule has 1 saturated heterocycles. The summed E-state index contributed by atoms with van der Waals surface area (Å²) in [4.78, 5) is 10.5. The van der Waals surface area contributed by atoms with E-state index in [0.29, 0.717) is 0 Å². The van der Waals surface area contributed by atoms with Gasteiger partial charge in [0.25, 0.3) is 0 Å². The molecule has 2 rings (SSSR count). The topological polar surface area (TPSA) is 37.3 Å². The molecule has 1 fully saturated rings. The van der Waals surface area contributed by atoms with Gasteiger partial charge in [0.1, 0.15) is 0 Å². The van der Waals surface area contributed by atoms with Crippen LogP contribution in [0.15, 0.2) is 4.99 Å². The number of nitrogens with zero attached hydrogens (tertiary/aromatic N) is 2. The van der Waals surface area contributed by atoms with Crippen molar-refractivity contribution in [2.45, 2.75) is 46.2 Å². The molecule has 5 heteroatoms. The summed E-state index contributed by atoms with van der Waals surface area (Å²) in [6, 6.07) is 0.199. The summed E-state index contributed by atoms with van der Waals surface area (Å²) in [6.45, 7) is 10.7. The molecule has 0 spiro atoms. The highest BCUT2D eigenvalue weighted by Gasteiger charge is 2.28. The number of amidine groups is 1. The van der Waals surface area contributed by atoms with E-state index in [1.165, 1.54) is 4.88 Å². The highest BCUT2D eigenvalue weighted by Crippen LogP contribution is 2.30.